The van der Waals surface area contributed by atoms with Gasteiger partial charge in [0.15, 0.2) is 0 Å². The van der Waals surface area contributed by atoms with Gasteiger partial charge in [-0.3, -0.25) is 24.7 Å². The molecule has 0 fully saturated rings. The third kappa shape index (κ3) is 5.30. The second-order valence-electron chi connectivity index (χ2n) is 6.44. The summed E-state index contributed by atoms with van der Waals surface area (Å²) in [4.78, 5) is 23.8. The van der Waals surface area contributed by atoms with Gasteiger partial charge in [0.25, 0.3) is 15.9 Å². The molecule has 0 bridgehead atoms. The molecule has 2 aromatic carbocycles. The van der Waals surface area contributed by atoms with Gasteiger partial charge >= 0.3 is 0 Å². The quantitative estimate of drug-likeness (QED) is 0.741. The van der Waals surface area contributed by atoms with Gasteiger partial charge in [0.1, 0.15) is 0 Å². The molecule has 2 amide bonds. The van der Waals surface area contributed by atoms with E-state index in [-0.39, 0.29) is 28.7 Å². The molecule has 8 heteroatoms. The van der Waals surface area contributed by atoms with Crippen LogP contribution in [0.3, 0.4) is 0 Å². The number of hydrazine groups is 1. The predicted molar refractivity (Wildman–Crippen MR) is 104 cm³/mol. The number of nitrogens with zero attached hydrogens (tertiary/aromatic N) is 1. The zero-order chi connectivity index (χ0) is 20.0. The molecule has 144 valence electrons. The van der Waals surface area contributed by atoms with Crippen molar-refractivity contribution in [3.63, 3.8) is 0 Å². The second kappa shape index (κ2) is 8.68. The topological polar surface area (TPSA) is 95.6 Å². The summed E-state index contributed by atoms with van der Waals surface area (Å²) >= 11 is 0. The maximum Gasteiger partial charge on any atom is 0.269 e. The Morgan fingerprint density at radius 3 is 2.30 bits per heavy atom. The summed E-state index contributed by atoms with van der Waals surface area (Å²) in [5.74, 6) is -0.749. The number of rotatable bonds is 6. The van der Waals surface area contributed by atoms with E-state index in [4.69, 9.17) is 0 Å². The Hall–Kier alpha value is -2.87. The molecule has 0 aliphatic heterocycles. The smallest absolute Gasteiger partial charge is 0.269 e. The van der Waals surface area contributed by atoms with Gasteiger partial charge in [0, 0.05) is 19.0 Å². The van der Waals surface area contributed by atoms with Crippen molar-refractivity contribution in [1.82, 2.24) is 10.9 Å². The number of benzene rings is 2. The van der Waals surface area contributed by atoms with Crippen LogP contribution in [0.25, 0.3) is 0 Å². The zero-order valence-corrected chi connectivity index (χ0v) is 16.3. The number of amides is 2. The maximum absolute atomic E-state index is 12.8. The Morgan fingerprint density at radius 2 is 1.67 bits per heavy atom. The van der Waals surface area contributed by atoms with E-state index in [0.717, 1.165) is 4.31 Å². The number of sulfonamides is 1. The van der Waals surface area contributed by atoms with Crippen LogP contribution in [0, 0.1) is 5.92 Å². The minimum atomic E-state index is -3.83. The number of carbonyl (C=O) groups excluding carboxylic acids is 2. The minimum absolute atomic E-state index is 0.0185. The molecule has 0 atom stereocenters. The molecule has 2 rings (SSSR count). The normalized spacial score (nSPS) is 11.1. The Balaban J connectivity index is 2.16. The van der Waals surface area contributed by atoms with Crippen LogP contribution in [0.15, 0.2) is 59.5 Å². The van der Waals surface area contributed by atoms with E-state index in [2.05, 4.69) is 10.9 Å². The first-order chi connectivity index (χ1) is 12.7. The highest BCUT2D eigenvalue weighted by molar-refractivity contribution is 7.92. The molecular formula is C19H23N3O4S. The van der Waals surface area contributed by atoms with Gasteiger partial charge < -0.3 is 0 Å². The Kier molecular flexibility index (Phi) is 6.57. The van der Waals surface area contributed by atoms with Gasteiger partial charge in [0.05, 0.1) is 10.6 Å². The highest BCUT2D eigenvalue weighted by Gasteiger charge is 2.22. The van der Waals surface area contributed by atoms with Crippen LogP contribution in [-0.4, -0.2) is 27.3 Å². The standard InChI is InChI=1S/C19H23N3O4S/c1-14(2)12-18(23)20-21-19(24)15-8-7-11-17(13-15)27(25,26)22(3)16-9-5-4-6-10-16/h4-11,13-14H,12H2,1-3H3,(H,20,23)(H,21,24). The summed E-state index contributed by atoms with van der Waals surface area (Å²) in [7, 11) is -2.38. The molecule has 0 saturated carbocycles. The van der Waals surface area contributed by atoms with Crippen molar-refractivity contribution in [2.24, 2.45) is 5.92 Å². The molecule has 0 saturated heterocycles. The van der Waals surface area contributed by atoms with Crippen LogP contribution >= 0.6 is 0 Å². The molecule has 7 nitrogen and oxygen atoms in total. The first kappa shape index (κ1) is 20.4. The number of anilines is 1. The van der Waals surface area contributed by atoms with Gasteiger partial charge in [-0.2, -0.15) is 0 Å². The lowest BCUT2D eigenvalue weighted by atomic mass is 10.1. The monoisotopic (exact) mass is 389 g/mol. The Labute approximate surface area is 159 Å². The molecule has 2 aromatic rings. The fraction of sp³-hybridized carbons (Fsp3) is 0.263. The summed E-state index contributed by atoms with van der Waals surface area (Å²) in [6.45, 7) is 3.78. The molecule has 0 aromatic heterocycles. The van der Waals surface area contributed by atoms with E-state index in [1.807, 2.05) is 13.8 Å². The average Bonchev–Trinajstić information content (AvgIpc) is 2.65. The summed E-state index contributed by atoms with van der Waals surface area (Å²) in [6.07, 6.45) is 0.274. The van der Waals surface area contributed by atoms with Gasteiger partial charge in [-0.15, -0.1) is 0 Å². The van der Waals surface area contributed by atoms with E-state index in [9.17, 15) is 18.0 Å². The van der Waals surface area contributed by atoms with E-state index in [0.29, 0.717) is 5.69 Å². The molecular weight excluding hydrogens is 366 g/mol. The molecule has 0 spiro atoms. The summed E-state index contributed by atoms with van der Waals surface area (Å²) < 4.78 is 26.8. The molecule has 2 N–H and O–H groups in total. The summed E-state index contributed by atoms with van der Waals surface area (Å²) in [6, 6.07) is 14.3. The van der Waals surface area contributed by atoms with Crippen LogP contribution < -0.4 is 15.2 Å². The van der Waals surface area contributed by atoms with Crippen LogP contribution in [-0.2, 0) is 14.8 Å². The Bertz CT molecular complexity index is 912. The number of para-hydroxylation sites is 1. The molecule has 0 aliphatic rings. The van der Waals surface area contributed by atoms with Crippen molar-refractivity contribution in [3.05, 3.63) is 60.2 Å². The molecule has 27 heavy (non-hydrogen) atoms. The average molecular weight is 389 g/mol. The highest BCUT2D eigenvalue weighted by Crippen LogP contribution is 2.22. The third-order valence-electron chi connectivity index (χ3n) is 3.78. The second-order valence-corrected chi connectivity index (χ2v) is 8.41. The van der Waals surface area contributed by atoms with Gasteiger partial charge in [-0.1, -0.05) is 38.1 Å². The van der Waals surface area contributed by atoms with Gasteiger partial charge in [-0.05, 0) is 36.2 Å². The van der Waals surface area contributed by atoms with Crippen LogP contribution in [0.2, 0.25) is 0 Å². The summed E-state index contributed by atoms with van der Waals surface area (Å²) in [5, 5.41) is 0. The molecule has 0 heterocycles. The van der Waals surface area contributed by atoms with Gasteiger partial charge in [-0.25, -0.2) is 8.42 Å². The van der Waals surface area contributed by atoms with Crippen molar-refractivity contribution in [2.75, 3.05) is 11.4 Å². The number of carbonyl (C=O) groups is 2. The number of hydrogen-bond acceptors (Lipinski definition) is 4. The first-order valence-corrected chi connectivity index (χ1v) is 9.89. The highest BCUT2D eigenvalue weighted by atomic mass is 32.2. The van der Waals surface area contributed by atoms with Crippen molar-refractivity contribution >= 4 is 27.5 Å². The lowest BCUT2D eigenvalue weighted by molar-refractivity contribution is -0.122. The first-order valence-electron chi connectivity index (χ1n) is 8.45. The van der Waals surface area contributed by atoms with E-state index >= 15 is 0 Å². The van der Waals surface area contributed by atoms with Crippen LogP contribution in [0.1, 0.15) is 30.6 Å². The lowest BCUT2D eigenvalue weighted by Gasteiger charge is -2.19. The number of hydrogen-bond donors (Lipinski definition) is 2. The van der Waals surface area contributed by atoms with Crippen LogP contribution in [0.4, 0.5) is 5.69 Å². The summed E-state index contributed by atoms with van der Waals surface area (Å²) in [5.41, 5.74) is 5.25. The van der Waals surface area contributed by atoms with E-state index in [1.54, 1.807) is 30.3 Å². The van der Waals surface area contributed by atoms with Gasteiger partial charge in [0.2, 0.25) is 5.91 Å². The molecule has 0 unspecified atom stereocenters. The lowest BCUT2D eigenvalue weighted by Crippen LogP contribution is -2.42. The largest absolute Gasteiger partial charge is 0.273 e. The fourth-order valence-corrected chi connectivity index (χ4v) is 3.59. The zero-order valence-electron chi connectivity index (χ0n) is 15.5. The predicted octanol–water partition coefficient (Wildman–Crippen LogP) is 2.32. The fourth-order valence-electron chi connectivity index (χ4n) is 2.35. The molecule has 0 radical (unpaired) electrons. The molecule has 0 aliphatic carbocycles. The van der Waals surface area contributed by atoms with E-state index < -0.39 is 15.9 Å². The number of nitrogens with one attached hydrogen (secondary N) is 2. The third-order valence-corrected chi connectivity index (χ3v) is 5.57. The SMILES string of the molecule is CC(C)CC(=O)NNC(=O)c1cccc(S(=O)(=O)N(C)c2ccccc2)c1. The van der Waals surface area contributed by atoms with Crippen molar-refractivity contribution in [2.45, 2.75) is 25.2 Å². The van der Waals surface area contributed by atoms with Crippen molar-refractivity contribution in [3.8, 4) is 0 Å². The Morgan fingerprint density at radius 1 is 1.00 bits per heavy atom. The van der Waals surface area contributed by atoms with Crippen molar-refractivity contribution in [1.29, 1.82) is 0 Å². The van der Waals surface area contributed by atoms with Crippen LogP contribution in [0.5, 0.6) is 0 Å². The van der Waals surface area contributed by atoms with E-state index in [1.165, 1.54) is 31.3 Å². The van der Waals surface area contributed by atoms with Crippen molar-refractivity contribution < 1.29 is 18.0 Å². The maximum atomic E-state index is 12.8. The minimum Gasteiger partial charge on any atom is -0.273 e.